The van der Waals surface area contributed by atoms with Gasteiger partial charge in [0.15, 0.2) is 10.3 Å². The van der Waals surface area contributed by atoms with E-state index >= 15 is 0 Å². The van der Waals surface area contributed by atoms with Crippen LogP contribution in [0.15, 0.2) is 10.3 Å². The molecule has 1 rings (SSSR count). The Kier molecular flexibility index (Phi) is 4.30. The lowest BCUT2D eigenvalue weighted by Gasteiger charge is -2.18. The Morgan fingerprint density at radius 2 is 1.12 bits per heavy atom. The van der Waals surface area contributed by atoms with Crippen LogP contribution in [0.2, 0.25) is 0 Å². The van der Waals surface area contributed by atoms with Gasteiger partial charge in [-0.15, -0.1) is 0 Å². The average Bonchev–Trinajstić information content (AvgIpc) is 1.93. The Balaban J connectivity index is 2.95. The van der Waals surface area contributed by atoms with Gasteiger partial charge in [0.25, 0.3) is 0 Å². The second-order valence-electron chi connectivity index (χ2n) is 5.69. The third-order valence-corrected chi connectivity index (χ3v) is 3.36. The van der Waals surface area contributed by atoms with Gasteiger partial charge in [0.1, 0.15) is 0 Å². The van der Waals surface area contributed by atoms with Crippen molar-refractivity contribution in [1.29, 1.82) is 0 Å². The van der Waals surface area contributed by atoms with Gasteiger partial charge in [-0.1, -0.05) is 65.1 Å². The molecule has 0 aliphatic carbocycles. The molecule has 0 saturated carbocycles. The number of hydrogen-bond donors (Lipinski definition) is 1. The van der Waals surface area contributed by atoms with Crippen molar-refractivity contribution in [3.63, 3.8) is 0 Å². The minimum absolute atomic E-state index is 0.0669. The SMILES string of the molecule is CC(C)(C)Sc1nc(N)nc(SC(C)(C)C)n1. The molecule has 0 bridgehead atoms. The molecule has 0 aliphatic rings. The van der Waals surface area contributed by atoms with E-state index in [0.717, 1.165) is 0 Å². The fourth-order valence-electron chi connectivity index (χ4n) is 0.992. The number of anilines is 1. The second-order valence-corrected chi connectivity index (χ2v) is 9.28. The summed E-state index contributed by atoms with van der Waals surface area (Å²) < 4.78 is 0.134. The maximum absolute atomic E-state index is 5.71. The standard InChI is InChI=1S/C11H20N4S2/c1-10(2,3)16-8-13-7(12)14-9(15-8)17-11(4,5)6/h1-6H3,(H2,12,13,14,15). The van der Waals surface area contributed by atoms with Crippen LogP contribution in [0.3, 0.4) is 0 Å². The minimum Gasteiger partial charge on any atom is -0.368 e. The molecular weight excluding hydrogens is 252 g/mol. The van der Waals surface area contributed by atoms with Crippen molar-refractivity contribution >= 4 is 29.5 Å². The summed E-state index contributed by atoms with van der Waals surface area (Å²) in [6.07, 6.45) is 0. The molecule has 0 radical (unpaired) electrons. The molecular formula is C11H20N4S2. The zero-order valence-electron chi connectivity index (χ0n) is 11.2. The van der Waals surface area contributed by atoms with E-state index in [1.54, 1.807) is 23.5 Å². The van der Waals surface area contributed by atoms with E-state index in [-0.39, 0.29) is 9.49 Å². The summed E-state index contributed by atoms with van der Waals surface area (Å²) in [4.78, 5) is 12.7. The largest absolute Gasteiger partial charge is 0.368 e. The lowest BCUT2D eigenvalue weighted by molar-refractivity contribution is 0.753. The molecule has 0 spiro atoms. The molecule has 0 fully saturated rings. The van der Waals surface area contributed by atoms with Crippen molar-refractivity contribution in [2.75, 3.05) is 5.73 Å². The Labute approximate surface area is 112 Å². The first-order valence-electron chi connectivity index (χ1n) is 5.45. The fourth-order valence-corrected chi connectivity index (χ4v) is 2.69. The smallest absolute Gasteiger partial charge is 0.225 e. The van der Waals surface area contributed by atoms with E-state index in [1.165, 1.54) is 0 Å². The van der Waals surface area contributed by atoms with Crippen molar-refractivity contribution < 1.29 is 0 Å². The van der Waals surface area contributed by atoms with Crippen molar-refractivity contribution in [3.05, 3.63) is 0 Å². The minimum atomic E-state index is 0.0669. The van der Waals surface area contributed by atoms with Crippen LogP contribution in [0.25, 0.3) is 0 Å². The number of rotatable bonds is 2. The van der Waals surface area contributed by atoms with Crippen LogP contribution < -0.4 is 5.73 Å². The van der Waals surface area contributed by atoms with Crippen LogP contribution in [-0.2, 0) is 0 Å². The summed E-state index contributed by atoms with van der Waals surface area (Å²) >= 11 is 3.20. The molecule has 0 atom stereocenters. The number of nitrogen functional groups attached to an aromatic ring is 1. The summed E-state index contributed by atoms with van der Waals surface area (Å²) in [6, 6.07) is 0. The summed E-state index contributed by atoms with van der Waals surface area (Å²) in [7, 11) is 0. The lowest BCUT2D eigenvalue weighted by Crippen LogP contribution is -2.12. The average molecular weight is 272 g/mol. The maximum Gasteiger partial charge on any atom is 0.225 e. The number of hydrogen-bond acceptors (Lipinski definition) is 6. The predicted molar refractivity (Wildman–Crippen MR) is 75.5 cm³/mol. The Hall–Kier alpha value is -0.490. The second kappa shape index (κ2) is 5.02. The van der Waals surface area contributed by atoms with Gasteiger partial charge in [-0.05, 0) is 0 Å². The topological polar surface area (TPSA) is 64.7 Å². The predicted octanol–water partition coefficient (Wildman–Crippen LogP) is 3.24. The highest BCUT2D eigenvalue weighted by Crippen LogP contribution is 2.33. The molecule has 0 aliphatic heterocycles. The van der Waals surface area contributed by atoms with Gasteiger partial charge >= 0.3 is 0 Å². The van der Waals surface area contributed by atoms with Crippen LogP contribution in [0, 0.1) is 0 Å². The van der Waals surface area contributed by atoms with E-state index in [0.29, 0.717) is 16.3 Å². The summed E-state index contributed by atoms with van der Waals surface area (Å²) in [6.45, 7) is 12.7. The highest BCUT2D eigenvalue weighted by atomic mass is 32.2. The summed E-state index contributed by atoms with van der Waals surface area (Å²) in [5.74, 6) is 0.290. The zero-order valence-corrected chi connectivity index (χ0v) is 12.9. The maximum atomic E-state index is 5.71. The van der Waals surface area contributed by atoms with Crippen LogP contribution >= 0.6 is 23.5 Å². The number of thioether (sulfide) groups is 2. The van der Waals surface area contributed by atoms with Crippen molar-refractivity contribution in [2.24, 2.45) is 0 Å². The molecule has 0 aromatic carbocycles. The van der Waals surface area contributed by atoms with Crippen LogP contribution in [0.1, 0.15) is 41.5 Å². The molecule has 1 aromatic heterocycles. The Morgan fingerprint density at radius 3 is 1.41 bits per heavy atom. The third kappa shape index (κ3) is 6.12. The van der Waals surface area contributed by atoms with E-state index in [1.807, 2.05) is 0 Å². The summed E-state index contributed by atoms with van der Waals surface area (Å²) in [5.41, 5.74) is 5.71. The molecule has 17 heavy (non-hydrogen) atoms. The molecule has 6 heteroatoms. The van der Waals surface area contributed by atoms with Crippen LogP contribution in [-0.4, -0.2) is 24.4 Å². The van der Waals surface area contributed by atoms with Gasteiger partial charge in [-0.25, -0.2) is 0 Å². The highest BCUT2D eigenvalue weighted by Gasteiger charge is 2.19. The van der Waals surface area contributed by atoms with Gasteiger partial charge in [-0.2, -0.15) is 15.0 Å². The highest BCUT2D eigenvalue weighted by molar-refractivity contribution is 8.01. The zero-order chi connectivity index (χ0) is 13.3. The first-order chi connectivity index (χ1) is 7.55. The van der Waals surface area contributed by atoms with Gasteiger partial charge < -0.3 is 5.73 Å². The molecule has 1 heterocycles. The van der Waals surface area contributed by atoms with Gasteiger partial charge in [-0.3, -0.25) is 0 Å². The molecule has 4 nitrogen and oxygen atoms in total. The molecule has 1 aromatic rings. The van der Waals surface area contributed by atoms with Crippen LogP contribution in [0.4, 0.5) is 5.95 Å². The number of nitrogens with two attached hydrogens (primary N) is 1. The van der Waals surface area contributed by atoms with Crippen molar-refractivity contribution in [1.82, 2.24) is 15.0 Å². The molecule has 2 N–H and O–H groups in total. The monoisotopic (exact) mass is 272 g/mol. The van der Waals surface area contributed by atoms with E-state index in [2.05, 4.69) is 56.5 Å². The van der Waals surface area contributed by atoms with Crippen molar-refractivity contribution in [3.8, 4) is 0 Å². The normalized spacial score (nSPS) is 12.8. The Morgan fingerprint density at radius 1 is 0.765 bits per heavy atom. The lowest BCUT2D eigenvalue weighted by atomic mass is 10.3. The molecule has 0 amide bonds. The van der Waals surface area contributed by atoms with E-state index in [9.17, 15) is 0 Å². The first-order valence-corrected chi connectivity index (χ1v) is 7.08. The molecule has 0 saturated heterocycles. The quantitative estimate of drug-likeness (QED) is 0.834. The van der Waals surface area contributed by atoms with E-state index in [4.69, 9.17) is 5.73 Å². The number of aromatic nitrogens is 3. The van der Waals surface area contributed by atoms with E-state index < -0.39 is 0 Å². The molecule has 96 valence electrons. The molecule has 0 unspecified atom stereocenters. The van der Waals surface area contributed by atoms with Gasteiger partial charge in [0.05, 0.1) is 0 Å². The Bertz CT molecular complexity index is 359. The van der Waals surface area contributed by atoms with Gasteiger partial charge in [0.2, 0.25) is 5.95 Å². The fraction of sp³-hybridized carbons (Fsp3) is 0.727. The van der Waals surface area contributed by atoms with Crippen molar-refractivity contribution in [2.45, 2.75) is 61.3 Å². The first kappa shape index (κ1) is 14.6. The van der Waals surface area contributed by atoms with Gasteiger partial charge in [0, 0.05) is 9.49 Å². The number of nitrogens with zero attached hydrogens (tertiary/aromatic N) is 3. The third-order valence-electron chi connectivity index (χ3n) is 1.41. The van der Waals surface area contributed by atoms with Crippen LogP contribution in [0.5, 0.6) is 0 Å². The summed E-state index contributed by atoms with van der Waals surface area (Å²) in [5, 5.41) is 1.38.